The lowest BCUT2D eigenvalue weighted by molar-refractivity contribution is -0.121. The van der Waals surface area contributed by atoms with Crippen molar-refractivity contribution in [1.29, 1.82) is 0 Å². The molecule has 0 aromatic carbocycles. The molecule has 162 valence electrons. The van der Waals surface area contributed by atoms with Gasteiger partial charge >= 0.3 is 0 Å². The van der Waals surface area contributed by atoms with Crippen LogP contribution < -0.4 is 16.0 Å². The second kappa shape index (κ2) is 12.1. The maximum atomic E-state index is 12.2. The minimum absolute atomic E-state index is 0.129. The van der Waals surface area contributed by atoms with E-state index in [-0.39, 0.29) is 5.91 Å². The fourth-order valence-corrected chi connectivity index (χ4v) is 4.90. The van der Waals surface area contributed by atoms with Gasteiger partial charge < -0.3 is 20.7 Å². The fraction of sp³-hybridized carbons (Fsp3) is 0.714. The van der Waals surface area contributed by atoms with E-state index in [0.29, 0.717) is 25.0 Å². The van der Waals surface area contributed by atoms with Crippen LogP contribution in [0.3, 0.4) is 0 Å². The number of nitrogens with one attached hydrogen (secondary N) is 3. The molecule has 1 aliphatic heterocycles. The van der Waals surface area contributed by atoms with Crippen LogP contribution in [0, 0.1) is 0 Å². The molecule has 1 saturated heterocycles. The molecule has 3 rings (SSSR count). The van der Waals surface area contributed by atoms with Crippen molar-refractivity contribution in [2.24, 2.45) is 4.99 Å². The summed E-state index contributed by atoms with van der Waals surface area (Å²) in [6.07, 6.45) is 6.46. The molecular weight excluding hydrogens is 386 g/mol. The van der Waals surface area contributed by atoms with Gasteiger partial charge in [0.15, 0.2) is 5.96 Å². The third kappa shape index (κ3) is 7.28. The second-order valence-corrected chi connectivity index (χ2v) is 8.69. The smallest absolute Gasteiger partial charge is 0.221 e. The zero-order chi connectivity index (χ0) is 20.3. The van der Waals surface area contributed by atoms with Crippen molar-refractivity contribution in [3.63, 3.8) is 0 Å². The van der Waals surface area contributed by atoms with Gasteiger partial charge in [-0.25, -0.2) is 0 Å². The maximum absolute atomic E-state index is 12.2. The van der Waals surface area contributed by atoms with Gasteiger partial charge in [-0.3, -0.25) is 14.7 Å². The van der Waals surface area contributed by atoms with Gasteiger partial charge in [0.2, 0.25) is 5.91 Å². The largest absolute Gasteiger partial charge is 0.379 e. The summed E-state index contributed by atoms with van der Waals surface area (Å²) in [4.78, 5) is 20.3. The molecule has 0 radical (unpaired) electrons. The van der Waals surface area contributed by atoms with Gasteiger partial charge in [0, 0.05) is 50.6 Å². The normalized spacial score (nSPS) is 20.2. The van der Waals surface area contributed by atoms with Crippen LogP contribution in [0.1, 0.15) is 49.4 Å². The Morgan fingerprint density at radius 2 is 2.07 bits per heavy atom. The first-order valence-corrected chi connectivity index (χ1v) is 11.7. The van der Waals surface area contributed by atoms with E-state index in [1.165, 1.54) is 24.1 Å². The molecule has 3 N–H and O–H groups in total. The molecule has 1 saturated carbocycles. The van der Waals surface area contributed by atoms with E-state index in [1.807, 2.05) is 0 Å². The summed E-state index contributed by atoms with van der Waals surface area (Å²) >= 11 is 1.79. The first-order chi connectivity index (χ1) is 14.3. The molecular formula is C21H35N5O2S. The van der Waals surface area contributed by atoms with Gasteiger partial charge in [0.25, 0.3) is 0 Å². The molecule has 7 nitrogen and oxygen atoms in total. The first kappa shape index (κ1) is 22.1. The molecule has 2 heterocycles. The number of guanidine groups is 1. The molecule has 2 aliphatic rings. The van der Waals surface area contributed by atoms with E-state index < -0.39 is 0 Å². The zero-order valence-corrected chi connectivity index (χ0v) is 18.3. The Morgan fingerprint density at radius 1 is 1.28 bits per heavy atom. The van der Waals surface area contributed by atoms with Crippen molar-refractivity contribution < 1.29 is 9.53 Å². The molecule has 1 atom stereocenters. The van der Waals surface area contributed by atoms with E-state index in [9.17, 15) is 4.79 Å². The Morgan fingerprint density at radius 3 is 2.76 bits per heavy atom. The van der Waals surface area contributed by atoms with Crippen LogP contribution in [0.4, 0.5) is 0 Å². The van der Waals surface area contributed by atoms with Crippen LogP contribution in [-0.2, 0) is 9.53 Å². The van der Waals surface area contributed by atoms with Crippen LogP contribution in [0.5, 0.6) is 0 Å². The quantitative estimate of drug-likeness (QED) is 0.443. The Hall–Kier alpha value is -1.64. The average molecular weight is 422 g/mol. The predicted molar refractivity (Wildman–Crippen MR) is 118 cm³/mol. The number of carbonyl (C=O) groups excluding carboxylic acids is 1. The maximum Gasteiger partial charge on any atom is 0.221 e. The summed E-state index contributed by atoms with van der Waals surface area (Å²) in [5.41, 5.74) is 0. The number of nitrogens with zero attached hydrogens (tertiary/aromatic N) is 2. The molecule has 1 aromatic heterocycles. The van der Waals surface area contributed by atoms with Crippen LogP contribution in [-0.4, -0.2) is 69.2 Å². The van der Waals surface area contributed by atoms with Crippen molar-refractivity contribution >= 4 is 23.2 Å². The highest BCUT2D eigenvalue weighted by Crippen LogP contribution is 2.25. The zero-order valence-electron chi connectivity index (χ0n) is 17.5. The molecule has 1 aliphatic carbocycles. The Kier molecular flexibility index (Phi) is 9.24. The Labute approximate surface area is 178 Å². The third-order valence-corrected chi connectivity index (χ3v) is 6.63. The minimum Gasteiger partial charge on any atom is -0.379 e. The van der Waals surface area contributed by atoms with Gasteiger partial charge in [0.1, 0.15) is 0 Å². The molecule has 1 aromatic rings. The summed E-state index contributed by atoms with van der Waals surface area (Å²) in [6, 6.07) is 4.96. The van der Waals surface area contributed by atoms with Crippen LogP contribution >= 0.6 is 11.3 Å². The number of thiophene rings is 1. The van der Waals surface area contributed by atoms with E-state index in [0.717, 1.165) is 51.6 Å². The third-order valence-electron chi connectivity index (χ3n) is 5.66. The average Bonchev–Trinajstić information content (AvgIpc) is 3.28. The monoisotopic (exact) mass is 421 g/mol. The number of hydrogen-bond donors (Lipinski definition) is 3. The lowest BCUT2D eigenvalue weighted by Gasteiger charge is -2.34. The number of ether oxygens (including phenoxy) is 1. The van der Waals surface area contributed by atoms with Gasteiger partial charge in [-0.2, -0.15) is 0 Å². The van der Waals surface area contributed by atoms with E-state index in [4.69, 9.17) is 4.74 Å². The molecule has 29 heavy (non-hydrogen) atoms. The van der Waals surface area contributed by atoms with Gasteiger partial charge in [0.05, 0.1) is 19.3 Å². The van der Waals surface area contributed by atoms with E-state index in [1.54, 1.807) is 18.4 Å². The molecule has 2 fully saturated rings. The Bertz CT molecular complexity index is 625. The van der Waals surface area contributed by atoms with Crippen molar-refractivity contribution in [2.75, 3.05) is 46.4 Å². The summed E-state index contributed by atoms with van der Waals surface area (Å²) in [7, 11) is 1.77. The summed E-state index contributed by atoms with van der Waals surface area (Å²) in [5.74, 6) is 0.870. The van der Waals surface area contributed by atoms with Gasteiger partial charge in [-0.15, -0.1) is 11.3 Å². The number of hydrogen-bond acceptors (Lipinski definition) is 5. The van der Waals surface area contributed by atoms with Crippen molar-refractivity contribution in [3.05, 3.63) is 22.4 Å². The van der Waals surface area contributed by atoms with Crippen molar-refractivity contribution in [1.82, 2.24) is 20.9 Å². The SMILES string of the molecule is CN=C(NCCC(=O)NC1CCCCC1)NCC(c1cccs1)N1CCOCC1. The number of amides is 1. The summed E-state index contributed by atoms with van der Waals surface area (Å²) in [5, 5.41) is 12.0. The van der Waals surface area contributed by atoms with Crippen LogP contribution in [0.15, 0.2) is 22.5 Å². The molecule has 1 unspecified atom stereocenters. The first-order valence-electron chi connectivity index (χ1n) is 10.9. The minimum atomic E-state index is 0.129. The van der Waals surface area contributed by atoms with Gasteiger partial charge in [-0.05, 0) is 24.3 Å². The highest BCUT2D eigenvalue weighted by atomic mass is 32.1. The molecule has 0 bridgehead atoms. The molecule has 0 spiro atoms. The fourth-order valence-electron chi connectivity index (χ4n) is 4.03. The van der Waals surface area contributed by atoms with E-state index >= 15 is 0 Å². The number of rotatable bonds is 8. The highest BCUT2D eigenvalue weighted by Gasteiger charge is 2.23. The second-order valence-electron chi connectivity index (χ2n) is 7.71. The lowest BCUT2D eigenvalue weighted by atomic mass is 9.95. The topological polar surface area (TPSA) is 78.0 Å². The number of morpholine rings is 1. The van der Waals surface area contributed by atoms with Crippen LogP contribution in [0.2, 0.25) is 0 Å². The van der Waals surface area contributed by atoms with Crippen LogP contribution in [0.25, 0.3) is 0 Å². The molecule has 8 heteroatoms. The predicted octanol–water partition coefficient (Wildman–Crippen LogP) is 2.13. The number of aliphatic imine (C=N–C) groups is 1. The summed E-state index contributed by atoms with van der Waals surface area (Å²) in [6.45, 7) is 4.80. The Balaban J connectivity index is 1.41. The van der Waals surface area contributed by atoms with E-state index in [2.05, 4.69) is 43.4 Å². The van der Waals surface area contributed by atoms with Crippen molar-refractivity contribution in [3.8, 4) is 0 Å². The standard InChI is InChI=1S/C21H35N5O2S/c1-22-21(23-10-9-20(27)25-17-6-3-2-4-7-17)24-16-18(19-8-5-15-29-19)26-11-13-28-14-12-26/h5,8,15,17-18H,2-4,6-7,9-14,16H2,1H3,(H,25,27)(H2,22,23,24). The van der Waals surface area contributed by atoms with Crippen molar-refractivity contribution in [2.45, 2.75) is 50.6 Å². The lowest BCUT2D eigenvalue weighted by Crippen LogP contribution is -2.46. The number of carbonyl (C=O) groups is 1. The molecule has 1 amide bonds. The summed E-state index contributed by atoms with van der Waals surface area (Å²) < 4.78 is 5.51. The highest BCUT2D eigenvalue weighted by molar-refractivity contribution is 7.10. The van der Waals surface area contributed by atoms with Gasteiger partial charge in [-0.1, -0.05) is 25.3 Å².